The van der Waals surface area contributed by atoms with Crippen LogP contribution in [0.5, 0.6) is 0 Å². The van der Waals surface area contributed by atoms with Crippen molar-refractivity contribution in [2.24, 2.45) is 0 Å². The minimum Gasteiger partial charge on any atom is -0.469 e. The summed E-state index contributed by atoms with van der Waals surface area (Å²) in [5.41, 5.74) is 3.28. The fraction of sp³-hybridized carbons (Fsp3) is 0.200. The maximum atomic E-state index is 5.39. The molecule has 0 bridgehead atoms. The number of aromatic nitrogens is 2. The first-order valence-electron chi connectivity index (χ1n) is 6.54. The highest BCUT2D eigenvalue weighted by atomic mass is 16.5. The predicted molar refractivity (Wildman–Crippen MR) is 73.2 cm³/mol. The van der Waals surface area contributed by atoms with Gasteiger partial charge in [0, 0.05) is 12.1 Å². The third kappa shape index (κ3) is 1.71. The van der Waals surface area contributed by atoms with Crippen molar-refractivity contribution in [3.8, 4) is 11.4 Å². The summed E-state index contributed by atoms with van der Waals surface area (Å²) in [5.74, 6) is 1.97. The lowest BCUT2D eigenvalue weighted by Gasteiger charge is -2.04. The molecule has 2 aromatic heterocycles. The van der Waals surface area contributed by atoms with E-state index in [2.05, 4.69) is 27.6 Å². The Kier molecular flexibility index (Phi) is 2.39. The maximum Gasteiger partial charge on any atom is 0.249 e. The quantitative estimate of drug-likeness (QED) is 0.771. The second-order valence-corrected chi connectivity index (χ2v) is 4.90. The Labute approximate surface area is 115 Å². The van der Waals surface area contributed by atoms with E-state index in [1.165, 1.54) is 5.56 Å². The molecule has 0 saturated heterocycles. The second-order valence-electron chi connectivity index (χ2n) is 4.90. The largest absolute Gasteiger partial charge is 0.469 e. The molecule has 3 aromatic rings. The lowest BCUT2D eigenvalue weighted by molar-refractivity contribution is 0.364. The third-order valence-electron chi connectivity index (χ3n) is 3.61. The minimum atomic E-state index is 0.0425. The monoisotopic (exact) mass is 267 g/mol. The van der Waals surface area contributed by atoms with Crippen molar-refractivity contribution in [1.82, 2.24) is 10.1 Å². The van der Waals surface area contributed by atoms with Crippen molar-refractivity contribution in [2.75, 3.05) is 5.32 Å². The molecule has 1 unspecified atom stereocenters. The summed E-state index contributed by atoms with van der Waals surface area (Å²) in [6.07, 6.45) is 2.49. The fourth-order valence-electron chi connectivity index (χ4n) is 2.55. The van der Waals surface area contributed by atoms with Crippen molar-refractivity contribution >= 4 is 5.69 Å². The van der Waals surface area contributed by atoms with Crippen molar-refractivity contribution in [3.05, 3.63) is 53.8 Å². The van der Waals surface area contributed by atoms with Crippen LogP contribution in [0.15, 0.2) is 45.5 Å². The van der Waals surface area contributed by atoms with Gasteiger partial charge in [-0.1, -0.05) is 23.4 Å². The van der Waals surface area contributed by atoms with Crippen LogP contribution in [0.1, 0.15) is 23.3 Å². The van der Waals surface area contributed by atoms with Crippen molar-refractivity contribution in [1.29, 1.82) is 0 Å². The van der Waals surface area contributed by atoms with Crippen LogP contribution in [0.4, 0.5) is 5.69 Å². The topological polar surface area (TPSA) is 64.1 Å². The van der Waals surface area contributed by atoms with E-state index in [4.69, 9.17) is 8.94 Å². The molecule has 1 aliphatic heterocycles. The van der Waals surface area contributed by atoms with Gasteiger partial charge in [-0.25, -0.2) is 0 Å². The number of hydrogen-bond acceptors (Lipinski definition) is 5. The van der Waals surface area contributed by atoms with Gasteiger partial charge in [0.1, 0.15) is 11.8 Å². The van der Waals surface area contributed by atoms with Crippen molar-refractivity contribution < 1.29 is 8.94 Å². The van der Waals surface area contributed by atoms with E-state index in [1.54, 1.807) is 6.26 Å². The molecule has 0 radical (unpaired) electrons. The van der Waals surface area contributed by atoms with Gasteiger partial charge in [0.25, 0.3) is 0 Å². The molecule has 0 fully saturated rings. The Balaban J connectivity index is 1.63. The number of hydrogen-bond donors (Lipinski definition) is 1. The molecule has 20 heavy (non-hydrogen) atoms. The molecule has 5 nitrogen and oxygen atoms in total. The van der Waals surface area contributed by atoms with Crippen LogP contribution in [0.25, 0.3) is 11.4 Å². The van der Waals surface area contributed by atoms with E-state index in [0.717, 1.165) is 23.4 Å². The van der Waals surface area contributed by atoms with E-state index in [-0.39, 0.29) is 6.04 Å². The summed E-state index contributed by atoms with van der Waals surface area (Å²) in [7, 11) is 0. The summed E-state index contributed by atoms with van der Waals surface area (Å²) in [6, 6.07) is 10.1. The molecule has 1 aliphatic rings. The molecule has 0 saturated carbocycles. The Morgan fingerprint density at radius 2 is 2.15 bits per heavy atom. The first kappa shape index (κ1) is 11.3. The molecule has 0 amide bonds. The summed E-state index contributed by atoms with van der Waals surface area (Å²) in [6.45, 7) is 1.88. The highest BCUT2D eigenvalue weighted by molar-refractivity contribution is 5.58. The van der Waals surface area contributed by atoms with Gasteiger partial charge < -0.3 is 14.3 Å². The second kappa shape index (κ2) is 4.23. The summed E-state index contributed by atoms with van der Waals surface area (Å²) < 4.78 is 10.7. The van der Waals surface area contributed by atoms with Crippen LogP contribution in [0.2, 0.25) is 0 Å². The first-order valence-corrected chi connectivity index (χ1v) is 6.54. The SMILES string of the molecule is Cc1occc1-c1noc(C2Cc3ccccc3N2)n1. The van der Waals surface area contributed by atoms with E-state index in [1.807, 2.05) is 25.1 Å². The molecule has 0 aliphatic carbocycles. The number of aryl methyl sites for hydroxylation is 1. The van der Waals surface area contributed by atoms with Gasteiger partial charge in [-0.3, -0.25) is 0 Å². The lowest BCUT2D eigenvalue weighted by atomic mass is 10.1. The standard InChI is InChI=1S/C15H13N3O2/c1-9-11(6-7-19-9)14-17-15(20-18-14)13-8-10-4-2-3-5-12(10)16-13/h2-7,13,16H,8H2,1H3. The molecule has 0 spiro atoms. The van der Waals surface area contributed by atoms with Crippen LogP contribution >= 0.6 is 0 Å². The minimum absolute atomic E-state index is 0.0425. The van der Waals surface area contributed by atoms with Gasteiger partial charge in [0.15, 0.2) is 0 Å². The van der Waals surface area contributed by atoms with Gasteiger partial charge in [-0.15, -0.1) is 0 Å². The summed E-state index contributed by atoms with van der Waals surface area (Å²) in [5, 5.41) is 7.45. The zero-order valence-electron chi connectivity index (χ0n) is 11.0. The smallest absolute Gasteiger partial charge is 0.249 e. The van der Waals surface area contributed by atoms with Gasteiger partial charge in [0.05, 0.1) is 11.8 Å². The number of furan rings is 1. The zero-order chi connectivity index (χ0) is 13.5. The first-order chi connectivity index (χ1) is 9.81. The van der Waals surface area contributed by atoms with Crippen LogP contribution in [-0.2, 0) is 6.42 Å². The molecule has 1 atom stereocenters. The molecule has 3 heterocycles. The molecule has 100 valence electrons. The number of fused-ring (bicyclic) bond motifs is 1. The average Bonchev–Trinajstić information content (AvgIpc) is 3.15. The third-order valence-corrected chi connectivity index (χ3v) is 3.61. The number of anilines is 1. The van der Waals surface area contributed by atoms with Gasteiger partial charge >= 0.3 is 0 Å². The molecule has 4 rings (SSSR count). The molecule has 5 heteroatoms. The van der Waals surface area contributed by atoms with Crippen molar-refractivity contribution in [2.45, 2.75) is 19.4 Å². The zero-order valence-corrected chi connectivity index (χ0v) is 11.0. The molecule has 1 aromatic carbocycles. The average molecular weight is 267 g/mol. The Bertz CT molecular complexity index is 735. The van der Waals surface area contributed by atoms with Crippen molar-refractivity contribution in [3.63, 3.8) is 0 Å². The van der Waals surface area contributed by atoms with E-state index in [9.17, 15) is 0 Å². The van der Waals surface area contributed by atoms with Crippen LogP contribution in [0.3, 0.4) is 0 Å². The number of nitrogens with zero attached hydrogens (tertiary/aromatic N) is 2. The maximum absolute atomic E-state index is 5.39. The van der Waals surface area contributed by atoms with Gasteiger partial charge in [-0.05, 0) is 24.6 Å². The Morgan fingerprint density at radius 1 is 1.25 bits per heavy atom. The lowest BCUT2D eigenvalue weighted by Crippen LogP contribution is -2.05. The van der Waals surface area contributed by atoms with E-state index < -0.39 is 0 Å². The van der Waals surface area contributed by atoms with E-state index in [0.29, 0.717) is 11.7 Å². The number of benzene rings is 1. The van der Waals surface area contributed by atoms with Gasteiger partial charge in [-0.2, -0.15) is 4.98 Å². The number of rotatable bonds is 2. The number of para-hydroxylation sites is 1. The van der Waals surface area contributed by atoms with Crippen LogP contribution in [-0.4, -0.2) is 10.1 Å². The molecular formula is C15H13N3O2. The Hall–Kier alpha value is -2.56. The normalized spacial score (nSPS) is 16.9. The fourth-order valence-corrected chi connectivity index (χ4v) is 2.55. The highest BCUT2D eigenvalue weighted by Gasteiger charge is 2.27. The predicted octanol–water partition coefficient (Wildman–Crippen LogP) is 3.35. The summed E-state index contributed by atoms with van der Waals surface area (Å²) in [4.78, 5) is 4.48. The Morgan fingerprint density at radius 3 is 2.95 bits per heavy atom. The summed E-state index contributed by atoms with van der Waals surface area (Å²) >= 11 is 0. The van der Waals surface area contributed by atoms with E-state index >= 15 is 0 Å². The highest BCUT2D eigenvalue weighted by Crippen LogP contribution is 2.34. The molecular weight excluding hydrogens is 254 g/mol. The molecule has 1 N–H and O–H groups in total. The van der Waals surface area contributed by atoms with Gasteiger partial charge in [0.2, 0.25) is 11.7 Å². The number of nitrogens with one attached hydrogen (secondary N) is 1. The van der Waals surface area contributed by atoms with Crippen LogP contribution < -0.4 is 5.32 Å². The van der Waals surface area contributed by atoms with Crippen LogP contribution in [0, 0.1) is 6.92 Å².